The van der Waals surface area contributed by atoms with Gasteiger partial charge in [-0.2, -0.15) is 13.7 Å². The predicted molar refractivity (Wildman–Crippen MR) is 60.7 cm³/mol. The van der Waals surface area contributed by atoms with Crippen LogP contribution in [0.3, 0.4) is 0 Å². The molecule has 0 saturated carbocycles. The van der Waals surface area contributed by atoms with Gasteiger partial charge < -0.3 is 0 Å². The highest BCUT2D eigenvalue weighted by molar-refractivity contribution is 8.02. The molecule has 0 aliphatic rings. The van der Waals surface area contributed by atoms with Gasteiger partial charge in [0.2, 0.25) is 0 Å². The molecule has 0 bridgehead atoms. The standard InChI is InChI=1S/C8H6N4O3S2/c1-5-2-3-6-7(8(5)17(13,14)15)11-12(10-6)16-4-9/h2-3H,1H3,(H,13,14,15). The Hall–Kier alpha value is -1.63. The molecule has 0 spiro atoms. The average Bonchev–Trinajstić information content (AvgIpc) is 2.58. The molecule has 1 aromatic carbocycles. The van der Waals surface area contributed by atoms with Crippen molar-refractivity contribution in [3.8, 4) is 5.40 Å². The summed E-state index contributed by atoms with van der Waals surface area (Å²) in [4.78, 5) is -0.278. The molecular weight excluding hydrogens is 264 g/mol. The maximum absolute atomic E-state index is 11.2. The van der Waals surface area contributed by atoms with Gasteiger partial charge in [-0.25, -0.2) is 0 Å². The van der Waals surface area contributed by atoms with E-state index in [1.807, 2.05) is 0 Å². The fraction of sp³-hybridized carbons (Fsp3) is 0.125. The zero-order valence-corrected chi connectivity index (χ0v) is 10.2. The first-order chi connectivity index (χ1) is 7.93. The lowest BCUT2D eigenvalue weighted by molar-refractivity contribution is 0.483. The molecule has 17 heavy (non-hydrogen) atoms. The highest BCUT2D eigenvalue weighted by Crippen LogP contribution is 2.24. The van der Waals surface area contributed by atoms with E-state index in [0.29, 0.717) is 23.0 Å². The average molecular weight is 270 g/mol. The van der Waals surface area contributed by atoms with E-state index in [0.717, 1.165) is 4.20 Å². The highest BCUT2D eigenvalue weighted by atomic mass is 32.2. The first kappa shape index (κ1) is 11.8. The van der Waals surface area contributed by atoms with E-state index in [1.165, 1.54) is 6.07 Å². The third-order valence-corrected chi connectivity index (χ3v) is 3.51. The summed E-state index contributed by atoms with van der Waals surface area (Å²) in [7, 11) is -4.37. The molecule has 1 N–H and O–H groups in total. The van der Waals surface area contributed by atoms with E-state index in [2.05, 4.69) is 10.2 Å². The zero-order chi connectivity index (χ0) is 12.6. The van der Waals surface area contributed by atoms with Crippen LogP contribution in [-0.2, 0) is 10.1 Å². The lowest BCUT2D eigenvalue weighted by Crippen LogP contribution is -2.02. The molecule has 9 heteroatoms. The molecule has 0 amide bonds. The Balaban J connectivity index is 2.82. The second-order valence-electron chi connectivity index (χ2n) is 3.19. The van der Waals surface area contributed by atoms with Gasteiger partial charge in [0.15, 0.2) is 5.40 Å². The minimum Gasteiger partial charge on any atom is -0.282 e. The maximum atomic E-state index is 11.2. The molecule has 88 valence electrons. The first-order valence-electron chi connectivity index (χ1n) is 4.34. The first-order valence-corrected chi connectivity index (χ1v) is 6.55. The summed E-state index contributed by atoms with van der Waals surface area (Å²) in [6.45, 7) is 1.54. The van der Waals surface area contributed by atoms with Crippen molar-refractivity contribution >= 4 is 33.1 Å². The maximum Gasteiger partial charge on any atom is 0.297 e. The van der Waals surface area contributed by atoms with Crippen LogP contribution in [0.15, 0.2) is 17.0 Å². The Morgan fingerprint density at radius 3 is 2.76 bits per heavy atom. The summed E-state index contributed by atoms with van der Waals surface area (Å²) in [5, 5.41) is 18.0. The number of rotatable bonds is 2. The number of fused-ring (bicyclic) bond motifs is 1. The van der Waals surface area contributed by atoms with Gasteiger partial charge in [-0.1, -0.05) is 6.07 Å². The van der Waals surface area contributed by atoms with Crippen LogP contribution < -0.4 is 0 Å². The largest absolute Gasteiger partial charge is 0.297 e. The van der Waals surface area contributed by atoms with Crippen LogP contribution in [0.25, 0.3) is 11.0 Å². The van der Waals surface area contributed by atoms with E-state index in [4.69, 9.17) is 9.81 Å². The van der Waals surface area contributed by atoms with Gasteiger partial charge in [0.25, 0.3) is 10.1 Å². The number of nitriles is 1. The van der Waals surface area contributed by atoms with Crippen LogP contribution in [0, 0.1) is 17.6 Å². The zero-order valence-electron chi connectivity index (χ0n) is 8.52. The van der Waals surface area contributed by atoms with Crippen molar-refractivity contribution < 1.29 is 13.0 Å². The van der Waals surface area contributed by atoms with E-state index < -0.39 is 10.1 Å². The van der Waals surface area contributed by atoms with Crippen molar-refractivity contribution in [1.82, 2.24) is 14.4 Å². The summed E-state index contributed by atoms with van der Waals surface area (Å²) in [6.07, 6.45) is 0. The van der Waals surface area contributed by atoms with Crippen LogP contribution >= 0.6 is 11.9 Å². The Labute approximate surface area is 101 Å². The summed E-state index contributed by atoms with van der Waals surface area (Å²) >= 11 is 0.650. The molecule has 0 saturated heterocycles. The smallest absolute Gasteiger partial charge is 0.282 e. The van der Waals surface area contributed by atoms with Gasteiger partial charge in [0.1, 0.15) is 27.9 Å². The number of aromatic nitrogens is 3. The number of benzene rings is 1. The topological polar surface area (TPSA) is 109 Å². The summed E-state index contributed by atoms with van der Waals surface area (Å²) in [6, 6.07) is 3.09. The molecular formula is C8H6N4O3S2. The Kier molecular flexibility index (Phi) is 2.78. The van der Waals surface area contributed by atoms with Gasteiger partial charge in [-0.15, -0.1) is 14.4 Å². The van der Waals surface area contributed by atoms with E-state index >= 15 is 0 Å². The summed E-state index contributed by atoms with van der Waals surface area (Å²) in [5.74, 6) is 0. The molecule has 0 atom stereocenters. The van der Waals surface area contributed by atoms with E-state index in [9.17, 15) is 8.42 Å². The molecule has 2 rings (SSSR count). The van der Waals surface area contributed by atoms with Crippen LogP contribution in [0.4, 0.5) is 0 Å². The fourth-order valence-electron chi connectivity index (χ4n) is 1.44. The van der Waals surface area contributed by atoms with Crippen molar-refractivity contribution in [1.29, 1.82) is 5.26 Å². The van der Waals surface area contributed by atoms with Gasteiger partial charge in [0, 0.05) is 0 Å². The van der Waals surface area contributed by atoms with Crippen molar-refractivity contribution in [3.63, 3.8) is 0 Å². The summed E-state index contributed by atoms with van der Waals surface area (Å²) in [5.41, 5.74) is 0.718. The molecule has 1 heterocycles. The quantitative estimate of drug-likeness (QED) is 0.639. The lowest BCUT2D eigenvalue weighted by atomic mass is 10.2. The molecule has 1 aromatic heterocycles. The minimum atomic E-state index is -4.37. The van der Waals surface area contributed by atoms with Gasteiger partial charge >= 0.3 is 0 Å². The van der Waals surface area contributed by atoms with Gasteiger partial charge in [0.05, 0.1) is 0 Å². The molecule has 0 aliphatic heterocycles. The van der Waals surface area contributed by atoms with Crippen LogP contribution in [0.5, 0.6) is 0 Å². The number of hydrogen-bond donors (Lipinski definition) is 1. The van der Waals surface area contributed by atoms with Crippen molar-refractivity contribution in [2.75, 3.05) is 0 Å². The molecule has 0 unspecified atom stereocenters. The monoisotopic (exact) mass is 270 g/mol. The van der Waals surface area contributed by atoms with Gasteiger partial charge in [-0.3, -0.25) is 4.55 Å². The molecule has 0 fully saturated rings. The second-order valence-corrected chi connectivity index (χ2v) is 5.24. The summed E-state index contributed by atoms with van der Waals surface area (Å²) < 4.78 is 32.6. The van der Waals surface area contributed by atoms with Crippen LogP contribution in [-0.4, -0.2) is 27.4 Å². The number of thiocyanates is 1. The number of nitrogens with zero attached hydrogens (tertiary/aromatic N) is 4. The molecule has 2 aromatic rings. The Morgan fingerprint density at radius 1 is 1.47 bits per heavy atom. The SMILES string of the molecule is Cc1ccc2nn(SC#N)nc2c1S(=O)(=O)O. The Morgan fingerprint density at radius 2 is 2.18 bits per heavy atom. The van der Waals surface area contributed by atoms with E-state index in [-0.39, 0.29) is 10.4 Å². The lowest BCUT2D eigenvalue weighted by Gasteiger charge is -2.00. The van der Waals surface area contributed by atoms with Crippen molar-refractivity contribution in [2.45, 2.75) is 11.8 Å². The minimum absolute atomic E-state index is 0.0512. The van der Waals surface area contributed by atoms with E-state index in [1.54, 1.807) is 18.4 Å². The second kappa shape index (κ2) is 3.99. The fourth-order valence-corrected chi connectivity index (χ4v) is 2.63. The third kappa shape index (κ3) is 2.10. The number of aryl methyl sites for hydroxylation is 1. The molecule has 0 radical (unpaired) electrons. The molecule has 7 nitrogen and oxygen atoms in total. The normalized spacial score (nSPS) is 11.6. The van der Waals surface area contributed by atoms with Gasteiger partial charge in [-0.05, 0) is 18.6 Å². The third-order valence-electron chi connectivity index (χ3n) is 2.07. The highest BCUT2D eigenvalue weighted by Gasteiger charge is 2.20. The predicted octanol–water partition coefficient (Wildman–Crippen LogP) is 0.964. The number of hydrogen-bond acceptors (Lipinski definition) is 6. The van der Waals surface area contributed by atoms with Crippen LogP contribution in [0.1, 0.15) is 5.56 Å². The van der Waals surface area contributed by atoms with Crippen LogP contribution in [0.2, 0.25) is 0 Å². The molecule has 0 aliphatic carbocycles. The van der Waals surface area contributed by atoms with Crippen molar-refractivity contribution in [3.05, 3.63) is 17.7 Å². The van der Waals surface area contributed by atoms with Crippen molar-refractivity contribution in [2.24, 2.45) is 0 Å². The Bertz CT molecular complexity index is 729.